The molecule has 0 unspecified atom stereocenters. The first kappa shape index (κ1) is 51.8. The fourth-order valence-corrected chi connectivity index (χ4v) is 11.2. The molecule has 68 heavy (non-hydrogen) atoms. The van der Waals surface area contributed by atoms with Gasteiger partial charge in [0.25, 0.3) is 0 Å². The number of hydrogen-bond donors (Lipinski definition) is 2. The Kier molecular flexibility index (Phi) is 19.2. The normalized spacial score (nSPS) is 11.1. The minimum absolute atomic E-state index is 0.319. The van der Waals surface area contributed by atoms with Crippen molar-refractivity contribution in [3.63, 3.8) is 0 Å². The summed E-state index contributed by atoms with van der Waals surface area (Å²) in [4.78, 5) is 20.9. The maximum absolute atomic E-state index is 8.44. The summed E-state index contributed by atoms with van der Waals surface area (Å²) in [7, 11) is -6.22. The van der Waals surface area contributed by atoms with Crippen LogP contribution in [0, 0.1) is 0 Å². The van der Waals surface area contributed by atoms with Crippen LogP contribution in [0.1, 0.15) is 33.3 Å². The lowest BCUT2D eigenvalue weighted by atomic mass is 10.2. The topological polar surface area (TPSA) is 247 Å². The van der Waals surface area contributed by atoms with Crippen LogP contribution >= 0.6 is 80.7 Å². The Bertz CT molecular complexity index is 3090. The first-order valence-electron chi connectivity index (χ1n) is 20.0. The van der Waals surface area contributed by atoms with Crippen molar-refractivity contribution >= 4 is 178 Å². The number of nitrogens with zero attached hydrogens (tertiary/aromatic N) is 11. The van der Waals surface area contributed by atoms with Crippen LogP contribution in [-0.2, 0) is 27.0 Å². The zero-order valence-electron chi connectivity index (χ0n) is 36.0. The van der Waals surface area contributed by atoms with E-state index in [1.807, 2.05) is 65.4 Å². The summed E-state index contributed by atoms with van der Waals surface area (Å²) in [6, 6.07) is 22.2. The Labute approximate surface area is 422 Å². The summed E-state index contributed by atoms with van der Waals surface area (Å²) in [6.45, 7) is 11.8. The van der Waals surface area contributed by atoms with E-state index in [2.05, 4.69) is 79.2 Å². The maximum Gasteiger partial charge on any atom is 0.425 e. The monoisotopic (exact) mass is 1090 g/mol. The molecule has 2 N–H and O–H groups in total. The second-order valence-corrected chi connectivity index (χ2v) is 19.1. The molecule has 3 aromatic carbocycles. The molecule has 8 rings (SSSR count). The van der Waals surface area contributed by atoms with Gasteiger partial charge >= 0.3 is 21.2 Å². The van der Waals surface area contributed by atoms with E-state index in [0.717, 1.165) is 63.6 Å². The highest BCUT2D eigenvalue weighted by molar-refractivity contribution is 7.98. The Morgan fingerprint density at radius 1 is 0.603 bits per heavy atom. The second-order valence-electron chi connectivity index (χ2n) is 13.3. The van der Waals surface area contributed by atoms with Gasteiger partial charge in [-0.1, -0.05) is 65.3 Å². The van der Waals surface area contributed by atoms with Crippen LogP contribution in [0.15, 0.2) is 103 Å². The number of rotatable bonds is 17. The first-order valence-corrected chi connectivity index (χ1v) is 27.0. The van der Waals surface area contributed by atoms with E-state index >= 15 is 0 Å². The van der Waals surface area contributed by atoms with Crippen LogP contribution in [-0.4, -0.2) is 75.1 Å². The molecule has 0 aliphatic carbocycles. The number of thiophene rings is 2. The smallest absolute Gasteiger partial charge is 0.372 e. The molecule has 19 nitrogen and oxygen atoms in total. The Balaban J connectivity index is 0.000000883. The van der Waals surface area contributed by atoms with Crippen molar-refractivity contribution in [2.24, 2.45) is 20.5 Å². The van der Waals surface area contributed by atoms with E-state index in [1.54, 1.807) is 0 Å². The number of nitrogens with one attached hydrogen (secondary N) is 2. The number of halogens is 2. The van der Waals surface area contributed by atoms with Crippen LogP contribution in [0.4, 0.5) is 56.0 Å². The Morgan fingerprint density at radius 3 is 1.44 bits per heavy atom. The van der Waals surface area contributed by atoms with Crippen LogP contribution in [0.3, 0.4) is 0 Å². The van der Waals surface area contributed by atoms with Crippen LogP contribution in [0.5, 0.6) is 0 Å². The van der Waals surface area contributed by atoms with Crippen molar-refractivity contribution in [3.05, 3.63) is 93.1 Å². The third-order valence-electron chi connectivity index (χ3n) is 9.34. The van der Waals surface area contributed by atoms with Crippen molar-refractivity contribution in [1.82, 2.24) is 23.7 Å². The lowest BCUT2D eigenvalue weighted by Crippen LogP contribution is -2.21. The van der Waals surface area contributed by atoms with Gasteiger partial charge in [-0.15, -0.1) is 68.4 Å². The van der Waals surface area contributed by atoms with Crippen LogP contribution in [0.25, 0.3) is 20.4 Å². The molecule has 5 heterocycles. The van der Waals surface area contributed by atoms with Crippen molar-refractivity contribution in [2.45, 2.75) is 38.6 Å². The van der Waals surface area contributed by atoms with Gasteiger partial charge in [0, 0.05) is 54.1 Å². The highest BCUT2D eigenvalue weighted by Gasteiger charge is 2.18. The molecule has 0 spiro atoms. The minimum atomic E-state index is -3.11. The van der Waals surface area contributed by atoms with Crippen molar-refractivity contribution in [3.8, 4) is 0 Å². The lowest BCUT2D eigenvalue weighted by molar-refractivity contribution is 0.557. The molecule has 0 aliphatic heterocycles. The molecule has 8 aromatic rings. The van der Waals surface area contributed by atoms with Gasteiger partial charge in [0.1, 0.15) is 21.0 Å². The molecule has 0 fully saturated rings. The molecule has 0 radical (unpaired) electrons. The lowest BCUT2D eigenvalue weighted by Gasteiger charge is -2.22. The highest BCUT2D eigenvalue weighted by atomic mass is 35.5. The van der Waals surface area contributed by atoms with Gasteiger partial charge in [-0.05, 0) is 92.7 Å². The van der Waals surface area contributed by atoms with Crippen molar-refractivity contribution in [1.29, 1.82) is 0 Å². The van der Waals surface area contributed by atoms with E-state index in [-0.39, 0.29) is 0 Å². The molecule has 5 aromatic heterocycles. The summed E-state index contributed by atoms with van der Waals surface area (Å²) >= 11 is 20.0. The number of hydrogen-bond acceptors (Lipinski definition) is 24. The Morgan fingerprint density at radius 2 is 1.03 bits per heavy atom. The predicted molar refractivity (Wildman–Crippen MR) is 275 cm³/mol. The summed E-state index contributed by atoms with van der Waals surface area (Å²) in [5.41, 5.74) is 5.67. The summed E-state index contributed by atoms with van der Waals surface area (Å²) < 4.78 is 59.7. The van der Waals surface area contributed by atoms with E-state index in [1.165, 1.54) is 57.5 Å². The van der Waals surface area contributed by atoms with Gasteiger partial charge in [0.15, 0.2) is 15.2 Å². The fraction of sp³-hybridized carbons (Fsp3) is 0.225. The Hall–Kier alpha value is -5.58. The van der Waals surface area contributed by atoms with Crippen LogP contribution < -0.4 is 20.4 Å². The quantitative estimate of drug-likeness (QED) is 0.0635. The zero-order valence-corrected chi connectivity index (χ0v) is 43.3. The number of azo groups is 2. The van der Waals surface area contributed by atoms with Crippen LogP contribution in [0.2, 0.25) is 10.0 Å². The van der Waals surface area contributed by atoms with E-state index in [0.29, 0.717) is 65.6 Å². The number of anilines is 6. The highest BCUT2D eigenvalue weighted by Crippen LogP contribution is 2.43. The third kappa shape index (κ3) is 14.0. The number of fused-ring (bicyclic) bond motifs is 2. The average Bonchev–Trinajstić information content (AvgIpc) is 4.11. The van der Waals surface area contributed by atoms with Gasteiger partial charge in [0.05, 0.1) is 32.2 Å². The standard InChI is InChI=1S/C40H37Cl2N13S5.2O3S/c1-5-54(6-2)24-14-16-28(48-50-34-32-26(41)21-56-36(32)52-59-34)30(18-24)43-38-45-39(47-40(46-38)58-20-23-12-10-9-11-13-23)44-31-19-25(55(7-3)8-4)15-17-29(31)49-51-35-33-27(42)22-57-37(33)53-60-35;2*1-4(2)3/h9-19,21-22H,5-8,20H2,1-4H3,(H2,43,44,45,46,47);;. The molecule has 0 bridgehead atoms. The summed E-state index contributed by atoms with van der Waals surface area (Å²) in [5.74, 6) is 1.29. The second kappa shape index (κ2) is 25.2. The summed E-state index contributed by atoms with van der Waals surface area (Å²) in [6.07, 6.45) is 0. The molecular weight excluding hydrogens is 1050 g/mol. The molecule has 0 saturated heterocycles. The minimum Gasteiger partial charge on any atom is -0.372 e. The van der Waals surface area contributed by atoms with E-state index in [4.69, 9.17) is 73.6 Å². The maximum atomic E-state index is 8.44. The van der Waals surface area contributed by atoms with Gasteiger partial charge in [-0.3, -0.25) is 0 Å². The largest absolute Gasteiger partial charge is 0.425 e. The SMILES string of the molecule is CCN(CC)c1ccc(N=Nc2snc3scc(Cl)c23)c(Nc2nc(Nc3cc(N(CC)CC)ccc3N=Nc3snc4scc(Cl)c34)nc(SCc3ccccc3)n2)c1.O=S(=O)=O.O=S(=O)=O. The van der Waals surface area contributed by atoms with E-state index in [9.17, 15) is 0 Å². The van der Waals surface area contributed by atoms with Crippen molar-refractivity contribution < 1.29 is 25.3 Å². The van der Waals surface area contributed by atoms with Gasteiger partial charge < -0.3 is 20.4 Å². The van der Waals surface area contributed by atoms with Crippen molar-refractivity contribution in [2.75, 3.05) is 46.6 Å². The first-order chi connectivity index (χ1) is 32.8. The molecule has 0 amide bonds. The number of aromatic nitrogens is 5. The van der Waals surface area contributed by atoms with Gasteiger partial charge in [0.2, 0.25) is 11.9 Å². The molecule has 354 valence electrons. The summed E-state index contributed by atoms with van der Waals surface area (Å²) in [5, 5.41) is 33.9. The van der Waals surface area contributed by atoms with Gasteiger partial charge in [-0.25, -0.2) is 0 Å². The number of benzene rings is 3. The van der Waals surface area contributed by atoms with E-state index < -0.39 is 21.2 Å². The van der Waals surface area contributed by atoms with Gasteiger partial charge in [-0.2, -0.15) is 23.7 Å². The average molecular weight is 1090 g/mol. The predicted octanol–water partition coefficient (Wildman–Crippen LogP) is 12.8. The molecular formula is C40H37Cl2N13O6S7. The molecule has 28 heteroatoms. The fourth-order valence-electron chi connectivity index (χ4n) is 6.26. The zero-order chi connectivity index (χ0) is 48.7. The molecule has 0 aliphatic rings. The molecule has 0 atom stereocenters. The number of thioether (sulfide) groups is 1. The molecule has 0 saturated carbocycles. The third-order valence-corrected chi connectivity index (χ3v) is 14.6.